The molecule has 3 rings (SSSR count). The van der Waals surface area contributed by atoms with Crippen LogP contribution in [0, 0.1) is 3.57 Å². The van der Waals surface area contributed by atoms with E-state index < -0.39 is 0 Å². The molecule has 27 heavy (non-hydrogen) atoms. The Morgan fingerprint density at radius 3 is 2.04 bits per heavy atom. The van der Waals surface area contributed by atoms with Crippen LogP contribution in [0.25, 0.3) is 0 Å². The second-order valence-corrected chi connectivity index (χ2v) is 8.63. The van der Waals surface area contributed by atoms with E-state index in [0.29, 0.717) is 17.6 Å². The summed E-state index contributed by atoms with van der Waals surface area (Å²) in [5.74, 6) is -0.284. The molecule has 5 heteroatoms. The maximum absolute atomic E-state index is 11.6. The van der Waals surface area contributed by atoms with Gasteiger partial charge in [0.1, 0.15) is 0 Å². The predicted molar refractivity (Wildman–Crippen MR) is 117 cm³/mol. The summed E-state index contributed by atoms with van der Waals surface area (Å²) in [6.07, 6.45) is 0. The third kappa shape index (κ3) is 5.30. The average molecular weight is 478 g/mol. The maximum atomic E-state index is 11.6. The van der Waals surface area contributed by atoms with Crippen LogP contribution in [0.5, 0.6) is 0 Å². The van der Waals surface area contributed by atoms with Crippen LogP contribution in [-0.4, -0.2) is 48.1 Å². The summed E-state index contributed by atoms with van der Waals surface area (Å²) < 4.78 is 6.04. The molecular weight excluding hydrogens is 451 g/mol. The summed E-state index contributed by atoms with van der Waals surface area (Å²) in [5.41, 5.74) is 3.21. The van der Waals surface area contributed by atoms with E-state index in [0.717, 1.165) is 26.2 Å². The molecule has 0 aliphatic carbocycles. The molecule has 2 aromatic carbocycles. The number of carbonyl (C=O) groups excluding carboxylic acids is 1. The van der Waals surface area contributed by atoms with Crippen molar-refractivity contribution < 1.29 is 9.53 Å². The Balaban J connectivity index is 1.59. The zero-order valence-electron chi connectivity index (χ0n) is 16.2. The lowest BCUT2D eigenvalue weighted by molar-refractivity contribution is 0.0290. The van der Waals surface area contributed by atoms with Gasteiger partial charge < -0.3 is 4.74 Å². The highest BCUT2D eigenvalue weighted by atomic mass is 127. The van der Waals surface area contributed by atoms with Crippen LogP contribution in [0.2, 0.25) is 0 Å². The fraction of sp³-hybridized carbons (Fsp3) is 0.409. The first-order chi connectivity index (χ1) is 13.0. The minimum Gasteiger partial charge on any atom is -0.465 e. The van der Waals surface area contributed by atoms with Gasteiger partial charge in [-0.2, -0.15) is 0 Å². The number of piperazine rings is 1. The lowest BCUT2D eigenvalue weighted by atomic mass is 10.0. The van der Waals surface area contributed by atoms with Gasteiger partial charge in [-0.1, -0.05) is 24.3 Å². The third-order valence-corrected chi connectivity index (χ3v) is 5.96. The zero-order valence-corrected chi connectivity index (χ0v) is 18.3. The first-order valence-corrected chi connectivity index (χ1v) is 10.4. The van der Waals surface area contributed by atoms with E-state index in [9.17, 15) is 4.79 Å². The van der Waals surface area contributed by atoms with Gasteiger partial charge in [0.2, 0.25) is 0 Å². The van der Waals surface area contributed by atoms with Gasteiger partial charge in [-0.25, -0.2) is 4.79 Å². The Bertz CT molecular complexity index is 749. The van der Waals surface area contributed by atoms with E-state index in [1.165, 1.54) is 21.8 Å². The molecule has 144 valence electrons. The van der Waals surface area contributed by atoms with Gasteiger partial charge in [-0.3, -0.25) is 9.80 Å². The molecule has 1 saturated heterocycles. The van der Waals surface area contributed by atoms with Crippen LogP contribution in [-0.2, 0) is 17.8 Å². The van der Waals surface area contributed by atoms with Crippen LogP contribution in [0.4, 0.5) is 0 Å². The van der Waals surface area contributed by atoms with Crippen molar-refractivity contribution in [2.45, 2.75) is 39.0 Å². The van der Waals surface area contributed by atoms with Crippen molar-refractivity contribution in [1.29, 1.82) is 0 Å². The van der Waals surface area contributed by atoms with Crippen molar-refractivity contribution in [2.24, 2.45) is 0 Å². The highest BCUT2D eigenvalue weighted by Crippen LogP contribution is 2.21. The molecule has 0 aromatic heterocycles. The van der Waals surface area contributed by atoms with Gasteiger partial charge in [0.15, 0.2) is 0 Å². The number of benzene rings is 2. The molecule has 1 aliphatic heterocycles. The molecular formula is C22H27IN2O2. The van der Waals surface area contributed by atoms with E-state index in [1.54, 1.807) is 0 Å². The van der Waals surface area contributed by atoms with Crippen LogP contribution in [0.15, 0.2) is 48.5 Å². The molecule has 0 radical (unpaired) electrons. The van der Waals surface area contributed by atoms with Crippen molar-refractivity contribution in [3.05, 3.63) is 68.8 Å². The molecule has 0 unspecified atom stereocenters. The minimum atomic E-state index is -0.284. The quantitative estimate of drug-likeness (QED) is 0.477. The third-order valence-electron chi connectivity index (χ3n) is 5.24. The number of carbonyl (C=O) groups is 1. The average Bonchev–Trinajstić information content (AvgIpc) is 2.66. The fourth-order valence-corrected chi connectivity index (χ4v) is 4.19. The van der Waals surface area contributed by atoms with Gasteiger partial charge in [-0.05, 0) is 71.8 Å². The lowest BCUT2D eigenvalue weighted by Gasteiger charge is -2.44. The number of nitrogens with zero attached hydrogens (tertiary/aromatic N) is 2. The van der Waals surface area contributed by atoms with Gasteiger partial charge in [-0.15, -0.1) is 0 Å². The number of hydrogen-bond donors (Lipinski definition) is 0. The maximum Gasteiger partial charge on any atom is 0.337 e. The summed E-state index contributed by atoms with van der Waals surface area (Å²) in [6, 6.07) is 17.6. The van der Waals surface area contributed by atoms with E-state index in [-0.39, 0.29) is 5.97 Å². The lowest BCUT2D eigenvalue weighted by Crippen LogP contribution is -2.55. The molecule has 0 N–H and O–H groups in total. The highest BCUT2D eigenvalue weighted by molar-refractivity contribution is 14.1. The van der Waals surface area contributed by atoms with Crippen LogP contribution < -0.4 is 0 Å². The first kappa shape index (κ1) is 20.3. The Hall–Kier alpha value is -1.44. The second kappa shape index (κ2) is 9.17. The van der Waals surface area contributed by atoms with Gasteiger partial charge >= 0.3 is 5.97 Å². The van der Waals surface area contributed by atoms with Crippen LogP contribution in [0.1, 0.15) is 35.3 Å². The van der Waals surface area contributed by atoms with Crippen molar-refractivity contribution in [1.82, 2.24) is 9.80 Å². The molecule has 0 spiro atoms. The predicted octanol–water partition coefficient (Wildman–Crippen LogP) is 4.17. The van der Waals surface area contributed by atoms with E-state index in [4.69, 9.17) is 4.74 Å². The smallest absolute Gasteiger partial charge is 0.337 e. The first-order valence-electron chi connectivity index (χ1n) is 9.36. The Labute approximate surface area is 175 Å². The molecule has 2 aromatic rings. The van der Waals surface area contributed by atoms with Crippen molar-refractivity contribution in [2.75, 3.05) is 20.2 Å². The normalized spacial score (nSPS) is 21.2. The van der Waals surface area contributed by atoms with Crippen LogP contribution >= 0.6 is 22.6 Å². The fourth-order valence-electron chi connectivity index (χ4n) is 3.83. The molecule has 1 fully saturated rings. The number of esters is 1. The SMILES string of the molecule is COC(=O)c1ccc(CN2C[C@@H](C)N(Cc3ccc(I)cc3)[C@@H](C)C2)cc1. The van der Waals surface area contributed by atoms with E-state index in [2.05, 4.69) is 70.5 Å². The summed E-state index contributed by atoms with van der Waals surface area (Å²) in [4.78, 5) is 16.7. The molecule has 0 saturated carbocycles. The van der Waals surface area contributed by atoms with Crippen LogP contribution in [0.3, 0.4) is 0 Å². The summed E-state index contributed by atoms with van der Waals surface area (Å²) in [7, 11) is 1.41. The number of halogens is 1. The van der Waals surface area contributed by atoms with Crippen molar-refractivity contribution in [3.63, 3.8) is 0 Å². The van der Waals surface area contributed by atoms with Crippen molar-refractivity contribution in [3.8, 4) is 0 Å². The molecule has 0 amide bonds. The van der Waals surface area contributed by atoms with Gasteiger partial charge in [0, 0.05) is 41.8 Å². The monoisotopic (exact) mass is 478 g/mol. The molecule has 1 aliphatic rings. The molecule has 0 bridgehead atoms. The number of rotatable bonds is 5. The molecule has 4 nitrogen and oxygen atoms in total. The minimum absolute atomic E-state index is 0.284. The van der Waals surface area contributed by atoms with E-state index in [1.807, 2.05) is 24.3 Å². The molecule has 1 heterocycles. The number of ether oxygens (including phenoxy) is 1. The highest BCUT2D eigenvalue weighted by Gasteiger charge is 2.29. The van der Waals surface area contributed by atoms with E-state index >= 15 is 0 Å². The van der Waals surface area contributed by atoms with Gasteiger partial charge in [0.25, 0.3) is 0 Å². The largest absolute Gasteiger partial charge is 0.465 e. The zero-order chi connectivity index (χ0) is 19.4. The van der Waals surface area contributed by atoms with Gasteiger partial charge in [0.05, 0.1) is 12.7 Å². The topological polar surface area (TPSA) is 32.8 Å². The summed E-state index contributed by atoms with van der Waals surface area (Å²) >= 11 is 2.35. The second-order valence-electron chi connectivity index (χ2n) is 7.38. The number of hydrogen-bond acceptors (Lipinski definition) is 4. The Kier molecular flexibility index (Phi) is 6.89. The summed E-state index contributed by atoms with van der Waals surface area (Å²) in [6.45, 7) is 8.64. The standard InChI is InChI=1S/C22H27IN2O2/c1-16-12-24(14-18-4-8-20(9-5-18)22(26)27-3)13-17(2)25(16)15-19-6-10-21(23)11-7-19/h4-11,16-17H,12-15H2,1-3H3/t16-,17+. The molecule has 2 atom stereocenters. The Morgan fingerprint density at radius 1 is 0.963 bits per heavy atom. The summed E-state index contributed by atoms with van der Waals surface area (Å²) in [5, 5.41) is 0. The van der Waals surface area contributed by atoms with Crippen molar-refractivity contribution >= 4 is 28.6 Å². The number of methoxy groups -OCH3 is 1. The Morgan fingerprint density at radius 2 is 1.48 bits per heavy atom.